The number of fused-ring (bicyclic) bond motifs is 1. The standard InChI is InChI=1S/C21H22N2O3/c1-14(15-7-8-15)23(16-9-11-17(25-2)12-10-16)21(24)13-19-18-5-3-4-6-20(18)26-22-19/h3-6,9-12,14-15H,7-8,13H2,1-2H3/t14-/m0/s1. The third-order valence-corrected chi connectivity index (χ3v) is 5.10. The molecule has 1 aliphatic carbocycles. The number of carbonyl (C=O) groups is 1. The summed E-state index contributed by atoms with van der Waals surface area (Å²) in [5, 5.41) is 5.01. The quantitative estimate of drug-likeness (QED) is 0.668. The molecular weight excluding hydrogens is 328 g/mol. The van der Waals surface area contributed by atoms with Crippen molar-refractivity contribution in [3.63, 3.8) is 0 Å². The van der Waals surface area contributed by atoms with Crippen molar-refractivity contribution >= 4 is 22.6 Å². The van der Waals surface area contributed by atoms with Gasteiger partial charge in [-0.15, -0.1) is 0 Å². The van der Waals surface area contributed by atoms with E-state index in [0.29, 0.717) is 17.2 Å². The van der Waals surface area contributed by atoms with Crippen LogP contribution in [0, 0.1) is 5.92 Å². The average Bonchev–Trinajstić information content (AvgIpc) is 3.45. The molecule has 1 fully saturated rings. The fourth-order valence-electron chi connectivity index (χ4n) is 3.43. The van der Waals surface area contributed by atoms with Crippen LogP contribution in [0.4, 0.5) is 5.69 Å². The molecule has 1 heterocycles. The largest absolute Gasteiger partial charge is 0.497 e. The van der Waals surface area contributed by atoms with Crippen LogP contribution in [-0.2, 0) is 11.2 Å². The molecule has 1 amide bonds. The van der Waals surface area contributed by atoms with Crippen LogP contribution < -0.4 is 9.64 Å². The second-order valence-electron chi connectivity index (χ2n) is 6.84. The zero-order valence-corrected chi connectivity index (χ0v) is 15.0. The predicted molar refractivity (Wildman–Crippen MR) is 100 cm³/mol. The molecule has 0 spiro atoms. The van der Waals surface area contributed by atoms with Crippen LogP contribution in [0.5, 0.6) is 5.75 Å². The molecule has 0 radical (unpaired) electrons. The maximum absolute atomic E-state index is 13.2. The van der Waals surface area contributed by atoms with Gasteiger partial charge in [0.1, 0.15) is 11.4 Å². The van der Waals surface area contributed by atoms with Crippen molar-refractivity contribution < 1.29 is 14.1 Å². The molecule has 5 nitrogen and oxygen atoms in total. The van der Waals surface area contributed by atoms with Crippen LogP contribution in [0.2, 0.25) is 0 Å². The van der Waals surface area contributed by atoms with Gasteiger partial charge in [0.05, 0.1) is 13.5 Å². The third kappa shape index (κ3) is 3.17. The molecule has 1 aliphatic rings. The Morgan fingerprint density at radius 1 is 1.23 bits per heavy atom. The summed E-state index contributed by atoms with van der Waals surface area (Å²) in [5.41, 5.74) is 2.29. The summed E-state index contributed by atoms with van der Waals surface area (Å²) < 4.78 is 10.6. The van der Waals surface area contributed by atoms with Crippen molar-refractivity contribution in [2.45, 2.75) is 32.2 Å². The number of carbonyl (C=O) groups excluding carboxylic acids is 1. The van der Waals surface area contributed by atoms with Crippen LogP contribution in [-0.4, -0.2) is 24.2 Å². The molecule has 4 rings (SSSR count). The maximum Gasteiger partial charge on any atom is 0.233 e. The molecule has 1 saturated carbocycles. The Morgan fingerprint density at radius 3 is 2.65 bits per heavy atom. The Hall–Kier alpha value is -2.82. The lowest BCUT2D eigenvalue weighted by atomic mass is 10.1. The number of hydrogen-bond donors (Lipinski definition) is 0. The lowest BCUT2D eigenvalue weighted by Crippen LogP contribution is -2.41. The van der Waals surface area contributed by atoms with E-state index in [-0.39, 0.29) is 18.4 Å². The number of anilines is 1. The van der Waals surface area contributed by atoms with Crippen LogP contribution in [0.3, 0.4) is 0 Å². The number of rotatable bonds is 6. The van der Waals surface area contributed by atoms with Crippen molar-refractivity contribution in [3.8, 4) is 5.75 Å². The van der Waals surface area contributed by atoms with Crippen LogP contribution in [0.15, 0.2) is 53.1 Å². The number of nitrogens with zero attached hydrogens (tertiary/aromatic N) is 2. The summed E-state index contributed by atoms with van der Waals surface area (Å²) >= 11 is 0. The Bertz CT molecular complexity index is 912. The summed E-state index contributed by atoms with van der Waals surface area (Å²) in [6.45, 7) is 2.13. The molecule has 0 saturated heterocycles. The SMILES string of the molecule is COc1ccc(N(C(=O)Cc2noc3ccccc23)[C@@H](C)C2CC2)cc1. The van der Waals surface area contributed by atoms with E-state index in [0.717, 1.165) is 16.8 Å². The molecule has 0 unspecified atom stereocenters. The first-order valence-electron chi connectivity index (χ1n) is 8.97. The smallest absolute Gasteiger partial charge is 0.233 e. The molecule has 134 valence electrons. The summed E-state index contributed by atoms with van der Waals surface area (Å²) in [5.74, 6) is 1.38. The lowest BCUT2D eigenvalue weighted by molar-refractivity contribution is -0.118. The van der Waals surface area contributed by atoms with Gasteiger partial charge in [0.25, 0.3) is 0 Å². The Kier molecular flexibility index (Phi) is 4.37. The Balaban J connectivity index is 1.63. The average molecular weight is 350 g/mol. The molecule has 0 N–H and O–H groups in total. The second-order valence-corrected chi connectivity index (χ2v) is 6.84. The highest BCUT2D eigenvalue weighted by Crippen LogP contribution is 2.37. The minimum absolute atomic E-state index is 0.0358. The highest BCUT2D eigenvalue weighted by atomic mass is 16.5. The van der Waals surface area contributed by atoms with E-state index in [1.807, 2.05) is 53.4 Å². The number of methoxy groups -OCH3 is 1. The van der Waals surface area contributed by atoms with Crippen molar-refractivity contribution in [3.05, 3.63) is 54.2 Å². The van der Waals surface area contributed by atoms with Gasteiger partial charge in [-0.3, -0.25) is 4.79 Å². The minimum atomic E-state index is 0.0358. The van der Waals surface area contributed by atoms with Gasteiger partial charge in [0, 0.05) is 17.1 Å². The summed E-state index contributed by atoms with van der Waals surface area (Å²) in [4.78, 5) is 15.1. The fourth-order valence-corrected chi connectivity index (χ4v) is 3.43. The Labute approximate surface area is 152 Å². The van der Waals surface area contributed by atoms with E-state index in [1.165, 1.54) is 12.8 Å². The summed E-state index contributed by atoms with van der Waals surface area (Å²) in [6.07, 6.45) is 2.57. The van der Waals surface area contributed by atoms with Crippen LogP contribution in [0.25, 0.3) is 11.0 Å². The van der Waals surface area contributed by atoms with Crippen LogP contribution >= 0.6 is 0 Å². The molecule has 0 bridgehead atoms. The zero-order chi connectivity index (χ0) is 18.1. The second kappa shape index (κ2) is 6.83. The number of amides is 1. The van der Waals surface area contributed by atoms with Crippen molar-refractivity contribution in [2.75, 3.05) is 12.0 Å². The van der Waals surface area contributed by atoms with Crippen LogP contribution in [0.1, 0.15) is 25.5 Å². The van der Waals surface area contributed by atoms with E-state index in [4.69, 9.17) is 9.26 Å². The summed E-state index contributed by atoms with van der Waals surface area (Å²) in [6, 6.07) is 15.5. The van der Waals surface area contributed by atoms with Crippen molar-refractivity contribution in [2.24, 2.45) is 5.92 Å². The highest BCUT2D eigenvalue weighted by Gasteiger charge is 2.35. The molecule has 3 aromatic rings. The Morgan fingerprint density at radius 2 is 1.96 bits per heavy atom. The number of ether oxygens (including phenoxy) is 1. The van der Waals surface area contributed by atoms with E-state index in [2.05, 4.69) is 12.1 Å². The van der Waals surface area contributed by atoms with Gasteiger partial charge in [0.2, 0.25) is 5.91 Å². The first-order chi connectivity index (χ1) is 12.7. The number of aromatic nitrogens is 1. The molecule has 1 aromatic heterocycles. The van der Waals surface area contributed by atoms with Gasteiger partial charge in [-0.05, 0) is 62.1 Å². The fraction of sp³-hybridized carbons (Fsp3) is 0.333. The van der Waals surface area contributed by atoms with E-state index >= 15 is 0 Å². The van der Waals surface area contributed by atoms with Crippen molar-refractivity contribution in [1.29, 1.82) is 0 Å². The third-order valence-electron chi connectivity index (χ3n) is 5.10. The van der Waals surface area contributed by atoms with Crippen molar-refractivity contribution in [1.82, 2.24) is 5.16 Å². The van der Waals surface area contributed by atoms with Gasteiger partial charge >= 0.3 is 0 Å². The van der Waals surface area contributed by atoms with Gasteiger partial charge in [-0.1, -0.05) is 17.3 Å². The maximum atomic E-state index is 13.2. The highest BCUT2D eigenvalue weighted by molar-refractivity contribution is 5.97. The van der Waals surface area contributed by atoms with E-state index < -0.39 is 0 Å². The van der Waals surface area contributed by atoms with E-state index in [1.54, 1.807) is 7.11 Å². The van der Waals surface area contributed by atoms with Gasteiger partial charge in [-0.2, -0.15) is 0 Å². The minimum Gasteiger partial charge on any atom is -0.497 e. The topological polar surface area (TPSA) is 55.6 Å². The predicted octanol–water partition coefficient (Wildman–Crippen LogP) is 4.21. The van der Waals surface area contributed by atoms with Gasteiger partial charge in [-0.25, -0.2) is 0 Å². The molecule has 0 aliphatic heterocycles. The van der Waals surface area contributed by atoms with Gasteiger partial charge in [0.15, 0.2) is 5.58 Å². The summed E-state index contributed by atoms with van der Waals surface area (Å²) in [7, 11) is 1.64. The van der Waals surface area contributed by atoms with E-state index in [9.17, 15) is 4.79 Å². The molecule has 26 heavy (non-hydrogen) atoms. The number of benzene rings is 2. The number of para-hydroxylation sites is 1. The lowest BCUT2D eigenvalue weighted by Gasteiger charge is -2.29. The first-order valence-corrected chi connectivity index (χ1v) is 8.97. The van der Waals surface area contributed by atoms with Gasteiger partial charge < -0.3 is 14.2 Å². The molecule has 1 atom stereocenters. The monoisotopic (exact) mass is 350 g/mol. The number of hydrogen-bond acceptors (Lipinski definition) is 4. The normalized spacial score (nSPS) is 15.0. The molecule has 5 heteroatoms. The molecule has 2 aromatic carbocycles. The first kappa shape index (κ1) is 16.6. The molecular formula is C21H22N2O3. The zero-order valence-electron chi connectivity index (χ0n) is 15.0.